The molecule has 0 fully saturated rings. The second-order valence-corrected chi connectivity index (χ2v) is 19.2. The third-order valence-electron chi connectivity index (χ3n) is 7.00. The van der Waals surface area contributed by atoms with E-state index in [1.54, 1.807) is 6.92 Å². The Morgan fingerprint density at radius 3 is 1.11 bits per heavy atom. The van der Waals surface area contributed by atoms with Crippen molar-refractivity contribution in [3.8, 4) is 24.3 Å². The Labute approximate surface area is 281 Å². The molecule has 0 radical (unpaired) electrons. The Morgan fingerprint density at radius 2 is 0.809 bits per heavy atom. The predicted molar refractivity (Wildman–Crippen MR) is 176 cm³/mol. The molecular formula is C27H48N8O8S4. The van der Waals surface area contributed by atoms with Crippen LogP contribution in [-0.4, -0.2) is 68.5 Å². The Bertz CT molecular complexity index is 1410. The van der Waals surface area contributed by atoms with E-state index in [4.69, 9.17) is 21.0 Å². The van der Waals surface area contributed by atoms with E-state index in [0.717, 1.165) is 0 Å². The smallest absolute Gasteiger partial charge is 0.215 e. The summed E-state index contributed by atoms with van der Waals surface area (Å²) in [6.07, 6.45) is 1.45. The Morgan fingerprint density at radius 1 is 0.489 bits per heavy atom. The summed E-state index contributed by atoms with van der Waals surface area (Å²) in [6, 6.07) is 7.56. The first-order valence-electron chi connectivity index (χ1n) is 15.6. The number of nitrogens with one attached hydrogen (secondary N) is 4. The summed E-state index contributed by atoms with van der Waals surface area (Å²) in [5.74, 6) is 0. The fourth-order valence-electron chi connectivity index (χ4n) is 4.61. The molecule has 0 aliphatic rings. The van der Waals surface area contributed by atoms with Crippen molar-refractivity contribution >= 4 is 40.1 Å². The van der Waals surface area contributed by atoms with Crippen LogP contribution in [0.15, 0.2) is 0 Å². The molecule has 0 aromatic rings. The van der Waals surface area contributed by atoms with Gasteiger partial charge in [-0.15, -0.1) is 0 Å². The average molecular weight is 741 g/mol. The van der Waals surface area contributed by atoms with Gasteiger partial charge >= 0.3 is 3.41 Å². The lowest BCUT2D eigenvalue weighted by atomic mass is 10.2. The predicted octanol–water partition coefficient (Wildman–Crippen LogP) is 2.04. The molecule has 0 amide bonds. The molecule has 0 saturated carbocycles. The number of hydrogen-bond donors (Lipinski definition) is 4. The molecule has 47 heavy (non-hydrogen) atoms. The Hall–Kier alpha value is -2.40. The van der Waals surface area contributed by atoms with Crippen LogP contribution in [0.3, 0.4) is 0 Å². The van der Waals surface area contributed by atoms with E-state index in [0.29, 0.717) is 12.8 Å². The zero-order chi connectivity index (χ0) is 35.9. The van der Waals surface area contributed by atoms with Crippen molar-refractivity contribution in [2.75, 3.05) is 26.2 Å². The number of hydrogen-bond acceptors (Lipinski definition) is 12. The van der Waals surface area contributed by atoms with Crippen LogP contribution in [0, 0.1) is 45.3 Å². The van der Waals surface area contributed by atoms with Crippen molar-refractivity contribution in [3.63, 3.8) is 0 Å². The molecule has 0 saturated heterocycles. The van der Waals surface area contributed by atoms with Crippen LogP contribution in [0.4, 0.5) is 0 Å². The highest BCUT2D eigenvalue weighted by Crippen LogP contribution is 2.39. The van der Waals surface area contributed by atoms with Gasteiger partial charge in [-0.1, -0.05) is 26.2 Å². The molecule has 0 rings (SSSR count). The van der Waals surface area contributed by atoms with Gasteiger partial charge in [-0.3, -0.25) is 0 Å². The van der Waals surface area contributed by atoms with Gasteiger partial charge in [-0.25, -0.2) is 52.6 Å². The van der Waals surface area contributed by atoms with Crippen molar-refractivity contribution < 1.29 is 33.7 Å². The molecule has 0 aliphatic heterocycles. The third-order valence-corrected chi connectivity index (χ3v) is 18.2. The number of nitriles is 4. The molecule has 0 aromatic carbocycles. The molecule has 0 aromatic heterocycles. The van der Waals surface area contributed by atoms with Crippen LogP contribution < -0.4 is 18.9 Å². The summed E-state index contributed by atoms with van der Waals surface area (Å²) in [6.45, 7) is 0.0114. The zero-order valence-corrected chi connectivity index (χ0v) is 30.2. The van der Waals surface area contributed by atoms with E-state index in [1.165, 1.54) is 0 Å². The highest BCUT2D eigenvalue weighted by molar-refractivity contribution is 8.25. The lowest BCUT2D eigenvalue weighted by molar-refractivity contribution is 0.492. The minimum absolute atomic E-state index is 0.0243. The molecule has 0 bridgehead atoms. The monoisotopic (exact) mass is 740 g/mol. The molecule has 0 aliphatic carbocycles. The first-order chi connectivity index (χ1) is 22.2. The van der Waals surface area contributed by atoms with E-state index in [2.05, 4.69) is 4.72 Å². The standard InChI is InChI=1S/C27H48N8O8S4/c1-2-3-8-17-26(44(36,37)32-22-13-4-9-18-28)27(45(38,39)33-23-14-5-10-19-29,46(40,41)34-24-15-6-11-20-30)47(42,43)35-25-16-7-12-21-31/h26,32-35H,2-17,22-25H2,1H3. The Balaban J connectivity index is 7.57. The summed E-state index contributed by atoms with van der Waals surface area (Å²) in [4.78, 5) is 0. The average Bonchev–Trinajstić information content (AvgIpc) is 2.99. The second-order valence-electron chi connectivity index (χ2n) is 10.7. The lowest BCUT2D eigenvalue weighted by Crippen LogP contribution is -2.71. The normalized spacial score (nSPS) is 13.2. The topological polar surface area (TPSA) is 280 Å². The SMILES string of the molecule is CCCCCC(C(S(=O)(=O)NCCCCC#N)(S(=O)(=O)NCCCCC#N)S(=O)(=O)NCCCCC#N)S(=O)(=O)NCCCCC#N. The molecular weight excluding hydrogens is 693 g/mol. The molecule has 1 unspecified atom stereocenters. The number of sulfonamides is 4. The maximum Gasteiger partial charge on any atom is 0.330 e. The number of nitrogens with zero attached hydrogens (tertiary/aromatic N) is 4. The van der Waals surface area contributed by atoms with Crippen LogP contribution in [0.25, 0.3) is 0 Å². The van der Waals surface area contributed by atoms with Crippen LogP contribution >= 0.6 is 0 Å². The highest BCUT2D eigenvalue weighted by atomic mass is 32.3. The first-order valence-corrected chi connectivity index (χ1v) is 21.6. The quantitative estimate of drug-likeness (QED) is 0.0802. The van der Waals surface area contributed by atoms with Gasteiger partial charge in [0, 0.05) is 51.9 Å². The number of unbranched alkanes of at least 4 members (excludes halogenated alkanes) is 10. The van der Waals surface area contributed by atoms with E-state index in [-0.39, 0.29) is 90.0 Å². The van der Waals surface area contributed by atoms with Crippen molar-refractivity contribution in [2.45, 2.75) is 118 Å². The maximum absolute atomic E-state index is 14.4. The van der Waals surface area contributed by atoms with Gasteiger partial charge in [0.05, 0.1) is 24.3 Å². The van der Waals surface area contributed by atoms with Crippen molar-refractivity contribution in [1.29, 1.82) is 21.0 Å². The molecule has 268 valence electrons. The van der Waals surface area contributed by atoms with Gasteiger partial charge in [0.2, 0.25) is 10.0 Å². The lowest BCUT2D eigenvalue weighted by Gasteiger charge is -2.38. The van der Waals surface area contributed by atoms with E-state index < -0.39 is 74.8 Å². The van der Waals surface area contributed by atoms with Gasteiger partial charge in [-0.05, 0) is 57.8 Å². The summed E-state index contributed by atoms with van der Waals surface area (Å²) in [5.41, 5.74) is 0. The summed E-state index contributed by atoms with van der Waals surface area (Å²) < 4.78 is 118. The largest absolute Gasteiger partial charge is 0.330 e. The van der Waals surface area contributed by atoms with E-state index in [1.807, 2.05) is 38.4 Å². The minimum Gasteiger partial charge on any atom is -0.215 e. The van der Waals surface area contributed by atoms with Gasteiger partial charge in [-0.2, -0.15) is 21.0 Å². The van der Waals surface area contributed by atoms with Crippen molar-refractivity contribution in [1.82, 2.24) is 18.9 Å². The van der Waals surface area contributed by atoms with Crippen LogP contribution in [0.5, 0.6) is 0 Å². The summed E-state index contributed by atoms with van der Waals surface area (Å²) in [5, 5.41) is 32.7. The maximum atomic E-state index is 14.4. The Kier molecular flexibility index (Phi) is 21.9. The number of rotatable bonds is 29. The highest BCUT2D eigenvalue weighted by Gasteiger charge is 2.72. The fourth-order valence-corrected chi connectivity index (χ4v) is 16.1. The summed E-state index contributed by atoms with van der Waals surface area (Å²) in [7, 11) is -22.0. The molecule has 1 atom stereocenters. The van der Waals surface area contributed by atoms with Crippen LogP contribution in [-0.2, 0) is 40.1 Å². The molecule has 20 heteroatoms. The molecule has 4 N–H and O–H groups in total. The van der Waals surface area contributed by atoms with Gasteiger partial charge in [0.15, 0.2) is 0 Å². The second kappa shape index (κ2) is 23.0. The van der Waals surface area contributed by atoms with Crippen molar-refractivity contribution in [3.05, 3.63) is 0 Å². The molecule has 16 nitrogen and oxygen atoms in total. The van der Waals surface area contributed by atoms with Crippen LogP contribution in [0.1, 0.15) is 110 Å². The van der Waals surface area contributed by atoms with E-state index in [9.17, 15) is 33.7 Å². The first kappa shape index (κ1) is 44.6. The van der Waals surface area contributed by atoms with Gasteiger partial charge in [0.1, 0.15) is 5.25 Å². The van der Waals surface area contributed by atoms with Crippen molar-refractivity contribution in [2.24, 2.45) is 0 Å². The minimum atomic E-state index is -5.64. The van der Waals surface area contributed by atoms with Crippen LogP contribution in [0.2, 0.25) is 0 Å². The zero-order valence-electron chi connectivity index (χ0n) is 26.9. The third kappa shape index (κ3) is 13.9. The fraction of sp³-hybridized carbons (Fsp3) is 0.852. The molecule has 0 spiro atoms. The van der Waals surface area contributed by atoms with E-state index >= 15 is 0 Å². The molecule has 0 heterocycles. The van der Waals surface area contributed by atoms with Gasteiger partial charge in [0.25, 0.3) is 30.1 Å². The summed E-state index contributed by atoms with van der Waals surface area (Å²) >= 11 is 0. The van der Waals surface area contributed by atoms with Gasteiger partial charge < -0.3 is 0 Å².